The minimum Gasteiger partial charge on any atom is -0.490 e. The van der Waals surface area contributed by atoms with Gasteiger partial charge in [-0.1, -0.05) is 12.1 Å². The van der Waals surface area contributed by atoms with Gasteiger partial charge < -0.3 is 14.4 Å². The van der Waals surface area contributed by atoms with Crippen LogP contribution < -0.4 is 9.64 Å². The van der Waals surface area contributed by atoms with Crippen LogP contribution in [0.25, 0.3) is 0 Å². The van der Waals surface area contributed by atoms with Crippen molar-refractivity contribution in [1.29, 1.82) is 0 Å². The third kappa shape index (κ3) is 4.75. The van der Waals surface area contributed by atoms with Crippen molar-refractivity contribution in [2.75, 3.05) is 31.2 Å². The molecule has 0 bridgehead atoms. The zero-order valence-electron chi connectivity index (χ0n) is 15.2. The van der Waals surface area contributed by atoms with Gasteiger partial charge in [0, 0.05) is 19.2 Å². The molecule has 1 heterocycles. The van der Waals surface area contributed by atoms with Crippen LogP contribution in [0.15, 0.2) is 42.5 Å². The summed E-state index contributed by atoms with van der Waals surface area (Å²) in [6.45, 7) is 3.82. The van der Waals surface area contributed by atoms with Gasteiger partial charge in [-0.05, 0) is 49.6 Å². The van der Waals surface area contributed by atoms with Gasteiger partial charge in [0.05, 0.1) is 10.5 Å². The van der Waals surface area contributed by atoms with Crippen LogP contribution in [0.4, 0.5) is 11.4 Å². The summed E-state index contributed by atoms with van der Waals surface area (Å²) in [7, 11) is 0. The Kier molecular flexibility index (Phi) is 5.90. The quantitative estimate of drug-likeness (QED) is 0.320. The van der Waals surface area contributed by atoms with Crippen molar-refractivity contribution in [2.45, 2.75) is 19.8 Å². The van der Waals surface area contributed by atoms with Gasteiger partial charge in [-0.3, -0.25) is 10.1 Å². The SMILES string of the molecule is Cc1cccc(OCCOC(=O)c2ccc(N3CCCC3)c([N+](=O)[O-])c2)c1. The lowest BCUT2D eigenvalue weighted by atomic mass is 10.1. The molecule has 7 heteroatoms. The lowest BCUT2D eigenvalue weighted by molar-refractivity contribution is -0.384. The van der Waals surface area contributed by atoms with Crippen molar-refractivity contribution in [3.8, 4) is 5.75 Å². The number of nitrogens with zero attached hydrogens (tertiary/aromatic N) is 2. The maximum atomic E-state index is 12.2. The maximum Gasteiger partial charge on any atom is 0.338 e. The number of esters is 1. The van der Waals surface area contributed by atoms with Crippen LogP contribution in [-0.4, -0.2) is 37.2 Å². The van der Waals surface area contributed by atoms with Crippen LogP contribution in [-0.2, 0) is 4.74 Å². The molecule has 142 valence electrons. The third-order valence-electron chi connectivity index (χ3n) is 4.43. The maximum absolute atomic E-state index is 12.2. The molecule has 0 aromatic heterocycles. The average Bonchev–Trinajstić information content (AvgIpc) is 3.19. The van der Waals surface area contributed by atoms with Gasteiger partial charge in [0.2, 0.25) is 0 Å². The fourth-order valence-electron chi connectivity index (χ4n) is 3.10. The first-order valence-corrected chi connectivity index (χ1v) is 8.94. The van der Waals surface area contributed by atoms with E-state index in [0.717, 1.165) is 31.5 Å². The number of nitro groups is 1. The van der Waals surface area contributed by atoms with E-state index in [4.69, 9.17) is 9.47 Å². The monoisotopic (exact) mass is 370 g/mol. The van der Waals surface area contributed by atoms with E-state index in [1.165, 1.54) is 6.07 Å². The average molecular weight is 370 g/mol. The van der Waals surface area contributed by atoms with E-state index in [1.807, 2.05) is 36.1 Å². The number of hydrogen-bond donors (Lipinski definition) is 0. The van der Waals surface area contributed by atoms with Crippen molar-refractivity contribution in [1.82, 2.24) is 0 Å². The highest BCUT2D eigenvalue weighted by Gasteiger charge is 2.24. The van der Waals surface area contributed by atoms with E-state index >= 15 is 0 Å². The molecule has 2 aromatic rings. The summed E-state index contributed by atoms with van der Waals surface area (Å²) in [4.78, 5) is 25.1. The highest BCUT2D eigenvalue weighted by Crippen LogP contribution is 2.31. The van der Waals surface area contributed by atoms with Gasteiger partial charge in [0.15, 0.2) is 0 Å². The first-order valence-electron chi connectivity index (χ1n) is 8.94. The summed E-state index contributed by atoms with van der Waals surface area (Å²) in [5, 5.41) is 11.4. The first kappa shape index (κ1) is 18.7. The molecule has 2 aromatic carbocycles. The Morgan fingerprint density at radius 3 is 2.63 bits per heavy atom. The van der Waals surface area contributed by atoms with E-state index in [-0.39, 0.29) is 24.5 Å². The lowest BCUT2D eigenvalue weighted by Crippen LogP contribution is -2.19. The van der Waals surface area contributed by atoms with Gasteiger partial charge in [-0.2, -0.15) is 0 Å². The van der Waals surface area contributed by atoms with E-state index in [2.05, 4.69) is 0 Å². The van der Waals surface area contributed by atoms with Gasteiger partial charge in [-0.15, -0.1) is 0 Å². The number of carbonyl (C=O) groups excluding carboxylic acids is 1. The van der Waals surface area contributed by atoms with Gasteiger partial charge >= 0.3 is 5.97 Å². The predicted octanol–water partition coefficient (Wildman–Crippen LogP) is 3.74. The Bertz CT molecular complexity index is 831. The zero-order valence-corrected chi connectivity index (χ0v) is 15.2. The number of nitro benzene ring substituents is 1. The largest absolute Gasteiger partial charge is 0.490 e. The fourth-order valence-corrected chi connectivity index (χ4v) is 3.10. The van der Waals surface area contributed by atoms with E-state index in [0.29, 0.717) is 11.4 Å². The molecular formula is C20H22N2O5. The van der Waals surface area contributed by atoms with Crippen molar-refractivity contribution < 1.29 is 19.2 Å². The smallest absolute Gasteiger partial charge is 0.338 e. The molecule has 0 aliphatic carbocycles. The topological polar surface area (TPSA) is 81.9 Å². The molecule has 0 spiro atoms. The Morgan fingerprint density at radius 1 is 1.15 bits per heavy atom. The van der Waals surface area contributed by atoms with Crippen molar-refractivity contribution in [2.24, 2.45) is 0 Å². The first-order chi connectivity index (χ1) is 13.0. The van der Waals surface area contributed by atoms with E-state index < -0.39 is 10.9 Å². The van der Waals surface area contributed by atoms with Crippen LogP contribution >= 0.6 is 0 Å². The highest BCUT2D eigenvalue weighted by molar-refractivity contribution is 5.91. The molecule has 0 amide bonds. The molecule has 7 nitrogen and oxygen atoms in total. The second-order valence-corrected chi connectivity index (χ2v) is 6.46. The molecule has 1 aliphatic rings. The van der Waals surface area contributed by atoms with Crippen LogP contribution in [0.1, 0.15) is 28.8 Å². The standard InChI is InChI=1S/C20H22N2O5/c1-15-5-4-6-17(13-15)26-11-12-27-20(23)16-7-8-18(19(14-16)22(24)25)21-9-2-3-10-21/h4-8,13-14H,2-3,9-12H2,1H3. The van der Waals surface area contributed by atoms with Crippen molar-refractivity contribution in [3.63, 3.8) is 0 Å². The number of rotatable bonds is 7. The van der Waals surface area contributed by atoms with Crippen molar-refractivity contribution >= 4 is 17.3 Å². The second kappa shape index (κ2) is 8.53. The lowest BCUT2D eigenvalue weighted by Gasteiger charge is -2.17. The zero-order chi connectivity index (χ0) is 19.2. The Balaban J connectivity index is 1.59. The number of benzene rings is 2. The summed E-state index contributed by atoms with van der Waals surface area (Å²) < 4.78 is 10.7. The summed E-state index contributed by atoms with van der Waals surface area (Å²) in [6.07, 6.45) is 2.03. The van der Waals surface area contributed by atoms with Crippen LogP contribution in [0.3, 0.4) is 0 Å². The normalized spacial score (nSPS) is 13.4. The number of aryl methyl sites for hydroxylation is 1. The molecule has 1 aliphatic heterocycles. The molecule has 0 saturated carbocycles. The molecule has 0 atom stereocenters. The Morgan fingerprint density at radius 2 is 1.93 bits per heavy atom. The third-order valence-corrected chi connectivity index (χ3v) is 4.43. The molecule has 0 radical (unpaired) electrons. The molecule has 0 unspecified atom stereocenters. The summed E-state index contributed by atoms with van der Waals surface area (Å²) >= 11 is 0. The summed E-state index contributed by atoms with van der Waals surface area (Å²) in [6, 6.07) is 12.1. The van der Waals surface area contributed by atoms with Crippen LogP contribution in [0, 0.1) is 17.0 Å². The number of ether oxygens (including phenoxy) is 2. The van der Waals surface area contributed by atoms with Crippen LogP contribution in [0.5, 0.6) is 5.75 Å². The van der Waals surface area contributed by atoms with Crippen LogP contribution in [0.2, 0.25) is 0 Å². The minimum absolute atomic E-state index is 0.0639. The van der Waals surface area contributed by atoms with Crippen molar-refractivity contribution in [3.05, 3.63) is 63.7 Å². The fraction of sp³-hybridized carbons (Fsp3) is 0.350. The summed E-state index contributed by atoms with van der Waals surface area (Å²) in [5.74, 6) is 0.107. The predicted molar refractivity (Wildman–Crippen MR) is 101 cm³/mol. The molecular weight excluding hydrogens is 348 g/mol. The second-order valence-electron chi connectivity index (χ2n) is 6.46. The molecule has 0 N–H and O–H groups in total. The Labute approximate surface area is 157 Å². The summed E-state index contributed by atoms with van der Waals surface area (Å²) in [5.41, 5.74) is 1.73. The molecule has 27 heavy (non-hydrogen) atoms. The number of hydrogen-bond acceptors (Lipinski definition) is 6. The van der Waals surface area contributed by atoms with Gasteiger partial charge in [0.1, 0.15) is 24.7 Å². The van der Waals surface area contributed by atoms with Gasteiger partial charge in [-0.25, -0.2) is 4.79 Å². The van der Waals surface area contributed by atoms with E-state index in [1.54, 1.807) is 12.1 Å². The Hall–Kier alpha value is -3.09. The molecule has 3 rings (SSSR count). The molecule has 1 saturated heterocycles. The van der Waals surface area contributed by atoms with Gasteiger partial charge in [0.25, 0.3) is 5.69 Å². The van der Waals surface area contributed by atoms with E-state index in [9.17, 15) is 14.9 Å². The number of anilines is 1. The number of carbonyl (C=O) groups is 1. The molecule has 1 fully saturated rings. The highest BCUT2D eigenvalue weighted by atomic mass is 16.6. The minimum atomic E-state index is -0.598.